The van der Waals surface area contributed by atoms with Crippen LogP contribution in [-0.4, -0.2) is 18.5 Å². The van der Waals surface area contributed by atoms with Crippen LogP contribution in [0.25, 0.3) is 0 Å². The lowest BCUT2D eigenvalue weighted by atomic mass is 10.1. The summed E-state index contributed by atoms with van der Waals surface area (Å²) in [4.78, 5) is 25.2. The van der Waals surface area contributed by atoms with Gasteiger partial charge < -0.3 is 14.2 Å². The Labute approximate surface area is 214 Å². The molecule has 36 heavy (non-hydrogen) atoms. The molecule has 0 fully saturated rings. The molecule has 0 bridgehead atoms. The maximum absolute atomic E-state index is 12.7. The van der Waals surface area contributed by atoms with Crippen molar-refractivity contribution in [3.8, 4) is 17.2 Å². The number of carbonyl (C=O) groups is 2. The highest BCUT2D eigenvalue weighted by Gasteiger charge is 2.15. The Morgan fingerprint density at radius 1 is 0.667 bits per heavy atom. The molecule has 0 atom stereocenters. The van der Waals surface area contributed by atoms with Gasteiger partial charge in [-0.1, -0.05) is 51.7 Å². The Morgan fingerprint density at radius 3 is 1.97 bits per heavy atom. The average molecular weight is 489 g/mol. The van der Waals surface area contributed by atoms with Crippen LogP contribution in [0.5, 0.6) is 17.2 Å². The monoisotopic (exact) mass is 488 g/mol. The van der Waals surface area contributed by atoms with Gasteiger partial charge in [-0.05, 0) is 91.9 Å². The fourth-order valence-electron chi connectivity index (χ4n) is 3.77. The molecular weight excluding hydrogens is 452 g/mol. The quantitative estimate of drug-likeness (QED) is 0.140. The first-order valence-electron chi connectivity index (χ1n) is 12.9. The number of aryl methyl sites for hydroxylation is 2. The minimum atomic E-state index is -0.470. The highest BCUT2D eigenvalue weighted by atomic mass is 16.5. The van der Waals surface area contributed by atoms with Crippen LogP contribution in [-0.2, 0) is 6.42 Å². The molecule has 5 nitrogen and oxygen atoms in total. The number of esters is 2. The van der Waals surface area contributed by atoms with E-state index in [2.05, 4.69) is 13.8 Å². The summed E-state index contributed by atoms with van der Waals surface area (Å²) in [6.45, 7) is 6.79. The molecule has 0 spiro atoms. The number of unbranched alkanes of at least 4 members (excludes halogenated alkanes) is 4. The molecule has 190 valence electrons. The van der Waals surface area contributed by atoms with Gasteiger partial charge in [0.25, 0.3) is 0 Å². The third kappa shape index (κ3) is 8.26. The van der Waals surface area contributed by atoms with Gasteiger partial charge in [-0.15, -0.1) is 0 Å². The van der Waals surface area contributed by atoms with Crippen molar-refractivity contribution >= 4 is 11.9 Å². The molecule has 3 aromatic carbocycles. The van der Waals surface area contributed by atoms with Gasteiger partial charge >= 0.3 is 11.9 Å². The Bertz CT molecular complexity index is 1120. The average Bonchev–Trinajstić information content (AvgIpc) is 2.88. The molecule has 0 saturated heterocycles. The van der Waals surface area contributed by atoms with Gasteiger partial charge in [0.1, 0.15) is 17.2 Å². The smallest absolute Gasteiger partial charge is 0.343 e. The van der Waals surface area contributed by atoms with E-state index in [1.165, 1.54) is 18.4 Å². The van der Waals surface area contributed by atoms with Crippen LogP contribution in [0.2, 0.25) is 0 Å². The van der Waals surface area contributed by atoms with E-state index in [1.54, 1.807) is 49.4 Å². The first kappa shape index (κ1) is 27.0. The maximum atomic E-state index is 12.7. The van der Waals surface area contributed by atoms with Gasteiger partial charge in [0.2, 0.25) is 0 Å². The van der Waals surface area contributed by atoms with Gasteiger partial charge in [-0.25, -0.2) is 9.59 Å². The van der Waals surface area contributed by atoms with Crippen molar-refractivity contribution < 1.29 is 23.8 Å². The second-order valence-electron chi connectivity index (χ2n) is 8.94. The van der Waals surface area contributed by atoms with E-state index in [9.17, 15) is 9.59 Å². The zero-order valence-corrected chi connectivity index (χ0v) is 21.5. The summed E-state index contributed by atoms with van der Waals surface area (Å²) in [7, 11) is 0. The van der Waals surface area contributed by atoms with Gasteiger partial charge in [-0.2, -0.15) is 0 Å². The molecule has 3 aromatic rings. The minimum absolute atomic E-state index is 0.366. The van der Waals surface area contributed by atoms with Crippen molar-refractivity contribution in [3.63, 3.8) is 0 Å². The van der Waals surface area contributed by atoms with E-state index in [0.717, 1.165) is 37.9 Å². The topological polar surface area (TPSA) is 61.8 Å². The first-order chi connectivity index (χ1) is 17.5. The summed E-state index contributed by atoms with van der Waals surface area (Å²) < 4.78 is 16.8. The summed E-state index contributed by atoms with van der Waals surface area (Å²) in [5.41, 5.74) is 2.74. The van der Waals surface area contributed by atoms with Crippen LogP contribution in [0.15, 0.2) is 66.7 Å². The zero-order chi connectivity index (χ0) is 25.8. The first-order valence-corrected chi connectivity index (χ1v) is 12.9. The predicted molar refractivity (Wildman–Crippen MR) is 142 cm³/mol. The van der Waals surface area contributed by atoms with E-state index < -0.39 is 11.9 Å². The molecule has 0 heterocycles. The number of ether oxygens (including phenoxy) is 3. The Kier molecular flexibility index (Phi) is 10.6. The van der Waals surface area contributed by atoms with E-state index in [4.69, 9.17) is 14.2 Å². The normalized spacial score (nSPS) is 10.6. The standard InChI is InChI=1S/C31H36O5/c1-4-6-8-9-21-34-26-17-13-25(14-18-26)30(32)36-28-19-20-29(23(3)22-28)31(33)35-27-15-11-24(12-16-27)10-7-5-2/h11-20,22H,4-10,21H2,1-3H3. The molecule has 0 unspecified atom stereocenters. The molecule has 0 aliphatic carbocycles. The Balaban J connectivity index is 1.54. The molecular formula is C31H36O5. The van der Waals surface area contributed by atoms with Crippen LogP contribution in [0.1, 0.15) is 84.2 Å². The molecule has 0 radical (unpaired) electrons. The fraction of sp³-hybridized carbons (Fsp3) is 0.355. The van der Waals surface area contributed by atoms with E-state index in [0.29, 0.717) is 34.8 Å². The molecule has 0 N–H and O–H groups in total. The highest BCUT2D eigenvalue weighted by molar-refractivity contribution is 5.93. The minimum Gasteiger partial charge on any atom is -0.494 e. The zero-order valence-electron chi connectivity index (χ0n) is 21.5. The van der Waals surface area contributed by atoms with Crippen molar-refractivity contribution in [2.45, 2.75) is 65.7 Å². The second kappa shape index (κ2) is 14.1. The summed E-state index contributed by atoms with van der Waals surface area (Å²) >= 11 is 0. The lowest BCUT2D eigenvalue weighted by Crippen LogP contribution is -2.12. The van der Waals surface area contributed by atoms with E-state index >= 15 is 0 Å². The summed E-state index contributed by atoms with van der Waals surface area (Å²) in [5.74, 6) is 0.686. The van der Waals surface area contributed by atoms with Gasteiger partial charge in [0.15, 0.2) is 0 Å². The number of rotatable bonds is 13. The number of hydrogen-bond acceptors (Lipinski definition) is 5. The van der Waals surface area contributed by atoms with Crippen molar-refractivity contribution in [2.75, 3.05) is 6.61 Å². The molecule has 0 amide bonds. The van der Waals surface area contributed by atoms with Crippen LogP contribution < -0.4 is 14.2 Å². The third-order valence-corrected chi connectivity index (χ3v) is 5.94. The number of hydrogen-bond donors (Lipinski definition) is 0. The summed E-state index contributed by atoms with van der Waals surface area (Å²) in [6.07, 6.45) is 7.87. The van der Waals surface area contributed by atoms with Crippen molar-refractivity contribution in [2.24, 2.45) is 0 Å². The van der Waals surface area contributed by atoms with Crippen molar-refractivity contribution in [3.05, 3.63) is 89.0 Å². The van der Waals surface area contributed by atoms with Gasteiger partial charge in [0.05, 0.1) is 17.7 Å². The van der Waals surface area contributed by atoms with Crippen LogP contribution in [0.3, 0.4) is 0 Å². The molecule has 0 aliphatic rings. The van der Waals surface area contributed by atoms with Crippen molar-refractivity contribution in [1.82, 2.24) is 0 Å². The van der Waals surface area contributed by atoms with Crippen LogP contribution in [0, 0.1) is 6.92 Å². The number of benzene rings is 3. The maximum Gasteiger partial charge on any atom is 0.343 e. The van der Waals surface area contributed by atoms with E-state index in [1.807, 2.05) is 24.3 Å². The Hall–Kier alpha value is -3.60. The van der Waals surface area contributed by atoms with Crippen LogP contribution in [0.4, 0.5) is 0 Å². The third-order valence-electron chi connectivity index (χ3n) is 5.94. The molecule has 0 saturated carbocycles. The Morgan fingerprint density at radius 2 is 1.31 bits per heavy atom. The SMILES string of the molecule is CCCCCCOc1ccc(C(=O)Oc2ccc(C(=O)Oc3ccc(CCCC)cc3)c(C)c2)cc1. The molecule has 0 aliphatic heterocycles. The van der Waals surface area contributed by atoms with E-state index in [-0.39, 0.29) is 0 Å². The van der Waals surface area contributed by atoms with Crippen LogP contribution >= 0.6 is 0 Å². The highest BCUT2D eigenvalue weighted by Crippen LogP contribution is 2.22. The lowest BCUT2D eigenvalue weighted by molar-refractivity contribution is 0.0730. The molecule has 5 heteroatoms. The predicted octanol–water partition coefficient (Wildman–Crippen LogP) is 7.74. The lowest BCUT2D eigenvalue weighted by Gasteiger charge is -2.10. The van der Waals surface area contributed by atoms with Crippen molar-refractivity contribution in [1.29, 1.82) is 0 Å². The fourth-order valence-corrected chi connectivity index (χ4v) is 3.77. The summed E-state index contributed by atoms with van der Waals surface area (Å²) in [6, 6.07) is 19.4. The second-order valence-corrected chi connectivity index (χ2v) is 8.94. The molecule has 3 rings (SSSR count). The molecule has 0 aromatic heterocycles. The van der Waals surface area contributed by atoms with Gasteiger partial charge in [-0.3, -0.25) is 0 Å². The largest absolute Gasteiger partial charge is 0.494 e. The number of carbonyl (C=O) groups excluding carboxylic acids is 2. The van der Waals surface area contributed by atoms with Gasteiger partial charge in [0, 0.05) is 0 Å². The summed E-state index contributed by atoms with van der Waals surface area (Å²) in [5, 5.41) is 0.